The van der Waals surface area contributed by atoms with Crippen LogP contribution < -0.4 is 0 Å². The summed E-state index contributed by atoms with van der Waals surface area (Å²) in [5.74, 6) is -1.56. The highest BCUT2D eigenvalue weighted by Gasteiger charge is 2.37. The van der Waals surface area contributed by atoms with Gasteiger partial charge in [-0.2, -0.15) is 13.2 Å². The molecule has 1 rings (SSSR count). The lowest BCUT2D eigenvalue weighted by Gasteiger charge is -2.18. The van der Waals surface area contributed by atoms with Gasteiger partial charge >= 0.3 is 12.1 Å². The molecule has 6 heteroatoms. The monoisotopic (exact) mass is 263 g/mol. The minimum Gasteiger partial charge on any atom is -0.478 e. The van der Waals surface area contributed by atoms with E-state index in [-0.39, 0.29) is 5.41 Å². The van der Waals surface area contributed by atoms with Gasteiger partial charge in [0, 0.05) is 18.9 Å². The summed E-state index contributed by atoms with van der Waals surface area (Å²) in [6.07, 6.45) is -2.08. The van der Waals surface area contributed by atoms with E-state index in [1.54, 1.807) is 0 Å². The van der Waals surface area contributed by atoms with Gasteiger partial charge in [0.05, 0.1) is 11.1 Å². The van der Waals surface area contributed by atoms with Crippen LogP contribution in [0.1, 0.15) is 43.1 Å². The lowest BCUT2D eigenvalue weighted by Crippen LogP contribution is -2.10. The molecule has 3 nitrogen and oxygen atoms in total. The van der Waals surface area contributed by atoms with Crippen LogP contribution >= 0.6 is 0 Å². The number of carboxylic acids is 1. The summed E-state index contributed by atoms with van der Waals surface area (Å²) in [5.41, 5.74) is -1.81. The number of halogens is 3. The van der Waals surface area contributed by atoms with Gasteiger partial charge in [-0.25, -0.2) is 4.79 Å². The zero-order chi connectivity index (χ0) is 14.1. The van der Waals surface area contributed by atoms with Crippen molar-refractivity contribution in [3.05, 3.63) is 23.5 Å². The van der Waals surface area contributed by atoms with Crippen molar-refractivity contribution in [1.82, 2.24) is 4.57 Å². The number of carbonyl (C=O) groups is 1. The molecule has 1 aromatic heterocycles. The molecule has 1 aromatic rings. The van der Waals surface area contributed by atoms with E-state index in [1.807, 2.05) is 20.8 Å². The van der Waals surface area contributed by atoms with Crippen LogP contribution in [0.15, 0.2) is 12.4 Å². The molecule has 0 saturated heterocycles. The van der Waals surface area contributed by atoms with E-state index in [2.05, 4.69) is 0 Å². The number of rotatable bonds is 3. The molecule has 0 aromatic carbocycles. The first-order chi connectivity index (χ1) is 8.00. The van der Waals surface area contributed by atoms with Crippen LogP contribution in [-0.2, 0) is 12.7 Å². The zero-order valence-corrected chi connectivity index (χ0v) is 10.5. The van der Waals surface area contributed by atoms with Crippen LogP contribution in [0.5, 0.6) is 0 Å². The maximum Gasteiger partial charge on any atom is 0.418 e. The topological polar surface area (TPSA) is 42.2 Å². The van der Waals surface area contributed by atoms with Gasteiger partial charge in [0.2, 0.25) is 0 Å². The van der Waals surface area contributed by atoms with Gasteiger partial charge < -0.3 is 9.67 Å². The Balaban J connectivity index is 3.00. The highest BCUT2D eigenvalue weighted by atomic mass is 19.4. The first kappa shape index (κ1) is 14.6. The van der Waals surface area contributed by atoms with Gasteiger partial charge in [0.25, 0.3) is 0 Å². The van der Waals surface area contributed by atoms with Crippen molar-refractivity contribution in [2.24, 2.45) is 5.41 Å². The highest BCUT2D eigenvalue weighted by molar-refractivity contribution is 5.89. The van der Waals surface area contributed by atoms with Gasteiger partial charge in [0.1, 0.15) is 0 Å². The van der Waals surface area contributed by atoms with Gasteiger partial charge in [0.15, 0.2) is 0 Å². The van der Waals surface area contributed by atoms with Gasteiger partial charge in [-0.15, -0.1) is 0 Å². The van der Waals surface area contributed by atoms with Crippen LogP contribution in [0.3, 0.4) is 0 Å². The van der Waals surface area contributed by atoms with Crippen molar-refractivity contribution in [1.29, 1.82) is 0 Å². The molecule has 0 aliphatic heterocycles. The van der Waals surface area contributed by atoms with Gasteiger partial charge in [-0.05, 0) is 11.8 Å². The van der Waals surface area contributed by atoms with Crippen molar-refractivity contribution in [2.75, 3.05) is 0 Å². The van der Waals surface area contributed by atoms with E-state index in [1.165, 1.54) is 4.57 Å². The molecule has 0 aliphatic carbocycles. The minimum atomic E-state index is -4.64. The first-order valence-corrected chi connectivity index (χ1v) is 5.51. The van der Waals surface area contributed by atoms with Crippen molar-refractivity contribution in [3.8, 4) is 0 Å². The van der Waals surface area contributed by atoms with Crippen LogP contribution in [0.2, 0.25) is 0 Å². The van der Waals surface area contributed by atoms with E-state index in [0.29, 0.717) is 13.0 Å². The number of aryl methyl sites for hydroxylation is 1. The van der Waals surface area contributed by atoms with E-state index in [9.17, 15) is 18.0 Å². The van der Waals surface area contributed by atoms with Crippen LogP contribution in [0.4, 0.5) is 13.2 Å². The molecule has 1 heterocycles. The van der Waals surface area contributed by atoms with Gasteiger partial charge in [-0.3, -0.25) is 0 Å². The molecule has 102 valence electrons. The Bertz CT molecular complexity index is 441. The van der Waals surface area contributed by atoms with E-state index in [4.69, 9.17) is 5.11 Å². The minimum absolute atomic E-state index is 0.0218. The van der Waals surface area contributed by atoms with E-state index >= 15 is 0 Å². The fraction of sp³-hybridized carbons (Fsp3) is 0.583. The quantitative estimate of drug-likeness (QED) is 0.904. The standard InChI is InChI=1S/C12H16F3NO2/c1-11(2,3)4-5-16-6-8(10(17)18)9(7-16)12(13,14)15/h6-7H,4-5H2,1-3H3,(H,17,18). The summed E-state index contributed by atoms with van der Waals surface area (Å²) in [6, 6.07) is 0. The number of aromatic carboxylic acids is 1. The maximum atomic E-state index is 12.6. The van der Waals surface area contributed by atoms with Crippen LogP contribution in [0, 0.1) is 5.41 Å². The fourth-order valence-corrected chi connectivity index (χ4v) is 1.50. The number of hydrogen-bond acceptors (Lipinski definition) is 1. The molecular weight excluding hydrogens is 247 g/mol. The molecular formula is C12H16F3NO2. The predicted octanol–water partition coefficient (Wildman–Crippen LogP) is 3.64. The summed E-state index contributed by atoms with van der Waals surface area (Å²) >= 11 is 0. The Hall–Kier alpha value is -1.46. The maximum absolute atomic E-state index is 12.6. The van der Waals surface area contributed by atoms with E-state index in [0.717, 1.165) is 12.4 Å². The molecule has 0 bridgehead atoms. The Labute approximate surface area is 103 Å². The summed E-state index contributed by atoms with van der Waals surface area (Å²) in [6.45, 7) is 6.28. The van der Waals surface area contributed by atoms with Gasteiger partial charge in [-0.1, -0.05) is 20.8 Å². The Morgan fingerprint density at radius 1 is 1.28 bits per heavy atom. The van der Waals surface area contributed by atoms with E-state index < -0.39 is 23.3 Å². The second-order valence-electron chi connectivity index (χ2n) is 5.44. The van der Waals surface area contributed by atoms with Crippen LogP contribution in [0.25, 0.3) is 0 Å². The second kappa shape index (κ2) is 4.66. The largest absolute Gasteiger partial charge is 0.478 e. The smallest absolute Gasteiger partial charge is 0.418 e. The number of nitrogens with zero attached hydrogens (tertiary/aromatic N) is 1. The first-order valence-electron chi connectivity index (χ1n) is 5.51. The molecule has 0 atom stereocenters. The SMILES string of the molecule is CC(C)(C)CCn1cc(C(=O)O)c(C(F)(F)F)c1. The Morgan fingerprint density at radius 2 is 1.83 bits per heavy atom. The highest BCUT2D eigenvalue weighted by Crippen LogP contribution is 2.33. The summed E-state index contributed by atoms with van der Waals surface area (Å²) in [7, 11) is 0. The average molecular weight is 263 g/mol. The molecule has 0 unspecified atom stereocenters. The molecule has 0 saturated carbocycles. The number of carboxylic acid groups (broad SMARTS) is 1. The number of hydrogen-bond donors (Lipinski definition) is 1. The molecule has 0 spiro atoms. The van der Waals surface area contributed by atoms with Crippen molar-refractivity contribution < 1.29 is 23.1 Å². The third-order valence-corrected chi connectivity index (χ3v) is 2.54. The fourth-order valence-electron chi connectivity index (χ4n) is 1.50. The Kier molecular flexibility index (Phi) is 3.78. The molecule has 18 heavy (non-hydrogen) atoms. The second-order valence-corrected chi connectivity index (χ2v) is 5.44. The lowest BCUT2D eigenvalue weighted by atomic mass is 9.92. The number of alkyl halides is 3. The molecule has 0 amide bonds. The summed E-state index contributed by atoms with van der Waals surface area (Å²) in [5, 5.41) is 8.76. The average Bonchev–Trinajstić information content (AvgIpc) is 2.56. The lowest BCUT2D eigenvalue weighted by molar-refractivity contribution is -0.138. The van der Waals surface area contributed by atoms with Crippen molar-refractivity contribution in [2.45, 2.75) is 39.9 Å². The molecule has 0 fully saturated rings. The predicted molar refractivity (Wildman–Crippen MR) is 60.5 cm³/mol. The van der Waals surface area contributed by atoms with Crippen molar-refractivity contribution >= 4 is 5.97 Å². The van der Waals surface area contributed by atoms with Crippen molar-refractivity contribution in [3.63, 3.8) is 0 Å². The summed E-state index contributed by atoms with van der Waals surface area (Å²) in [4.78, 5) is 10.8. The molecule has 0 aliphatic rings. The number of aromatic nitrogens is 1. The zero-order valence-electron chi connectivity index (χ0n) is 10.5. The molecule has 0 radical (unpaired) electrons. The van der Waals surface area contributed by atoms with Crippen LogP contribution in [-0.4, -0.2) is 15.6 Å². The molecule has 1 N–H and O–H groups in total. The third-order valence-electron chi connectivity index (χ3n) is 2.54. The summed E-state index contributed by atoms with van der Waals surface area (Å²) < 4.78 is 39.1. The third kappa shape index (κ3) is 3.78. The normalized spacial score (nSPS) is 12.8. The Morgan fingerprint density at radius 3 is 2.17 bits per heavy atom.